The van der Waals surface area contributed by atoms with Crippen LogP contribution in [0.3, 0.4) is 0 Å². The second-order valence-electron chi connectivity index (χ2n) is 5.44. The molecule has 132 valence electrons. The summed E-state index contributed by atoms with van der Waals surface area (Å²) in [4.78, 5) is 23.6. The summed E-state index contributed by atoms with van der Waals surface area (Å²) in [6.45, 7) is 0.811. The lowest BCUT2D eigenvalue weighted by molar-refractivity contribution is -0.121. The summed E-state index contributed by atoms with van der Waals surface area (Å²) in [5.74, 6) is -0.586. The Labute approximate surface area is 144 Å². The highest BCUT2D eigenvalue weighted by molar-refractivity contribution is 5.97. The Morgan fingerprint density at radius 3 is 2.12 bits per heavy atom. The largest absolute Gasteiger partial charge is 0.494 e. The molecule has 0 radical (unpaired) electrons. The zero-order valence-electron chi connectivity index (χ0n) is 13.6. The normalized spacial score (nSPS) is 10.3. The minimum Gasteiger partial charge on any atom is -0.494 e. The van der Waals surface area contributed by atoms with Gasteiger partial charge in [0.15, 0.2) is 5.78 Å². The second kappa shape index (κ2) is 9.52. The van der Waals surface area contributed by atoms with E-state index in [0.717, 1.165) is 0 Å². The van der Waals surface area contributed by atoms with Crippen molar-refractivity contribution in [2.24, 2.45) is 0 Å². The van der Waals surface area contributed by atoms with Gasteiger partial charge in [0.1, 0.15) is 17.4 Å². The van der Waals surface area contributed by atoms with Crippen molar-refractivity contribution >= 4 is 11.7 Å². The summed E-state index contributed by atoms with van der Waals surface area (Å²) < 4.78 is 30.9. The summed E-state index contributed by atoms with van der Waals surface area (Å²) in [5, 5.41) is 2.70. The molecule has 6 heteroatoms. The Balaban J connectivity index is 1.58. The van der Waals surface area contributed by atoms with Crippen molar-refractivity contribution in [2.45, 2.75) is 19.3 Å². The summed E-state index contributed by atoms with van der Waals surface area (Å²) in [6, 6.07) is 10.9. The fraction of sp³-hybridized carbons (Fsp3) is 0.263. The molecule has 0 saturated carbocycles. The van der Waals surface area contributed by atoms with Crippen molar-refractivity contribution in [1.29, 1.82) is 0 Å². The lowest BCUT2D eigenvalue weighted by Gasteiger charge is -2.07. The van der Waals surface area contributed by atoms with Crippen LogP contribution in [0, 0.1) is 11.6 Å². The van der Waals surface area contributed by atoms with Crippen molar-refractivity contribution in [2.75, 3.05) is 13.2 Å². The fourth-order valence-electron chi connectivity index (χ4n) is 2.12. The van der Waals surface area contributed by atoms with Gasteiger partial charge in [0.2, 0.25) is 5.91 Å². The molecule has 4 nitrogen and oxygen atoms in total. The van der Waals surface area contributed by atoms with Crippen molar-refractivity contribution in [3.05, 3.63) is 65.7 Å². The third-order valence-corrected chi connectivity index (χ3v) is 3.47. The van der Waals surface area contributed by atoms with E-state index in [4.69, 9.17) is 4.74 Å². The average molecular weight is 347 g/mol. The molecule has 0 aliphatic heterocycles. The third kappa shape index (κ3) is 6.71. The lowest BCUT2D eigenvalue weighted by Crippen LogP contribution is -2.25. The number of ketones is 1. The first-order chi connectivity index (χ1) is 12.0. The van der Waals surface area contributed by atoms with Crippen molar-refractivity contribution in [3.8, 4) is 5.75 Å². The van der Waals surface area contributed by atoms with Crippen LogP contribution in [0.5, 0.6) is 5.75 Å². The van der Waals surface area contributed by atoms with Crippen LogP contribution < -0.4 is 10.1 Å². The van der Waals surface area contributed by atoms with Crippen LogP contribution in [0.15, 0.2) is 48.5 Å². The number of halogens is 2. The highest BCUT2D eigenvalue weighted by Crippen LogP contribution is 2.11. The molecule has 0 aliphatic carbocycles. The van der Waals surface area contributed by atoms with Crippen molar-refractivity contribution in [1.82, 2.24) is 5.32 Å². The molecule has 0 fully saturated rings. The molecular weight excluding hydrogens is 328 g/mol. The van der Waals surface area contributed by atoms with Gasteiger partial charge < -0.3 is 10.1 Å². The number of carbonyl (C=O) groups is 2. The summed E-state index contributed by atoms with van der Waals surface area (Å²) in [7, 11) is 0. The van der Waals surface area contributed by atoms with Crippen LogP contribution in [0.4, 0.5) is 8.78 Å². The quantitative estimate of drug-likeness (QED) is 0.558. The first kappa shape index (κ1) is 18.6. The van der Waals surface area contributed by atoms with Crippen LogP contribution in [-0.2, 0) is 4.79 Å². The second-order valence-corrected chi connectivity index (χ2v) is 5.44. The van der Waals surface area contributed by atoms with E-state index in [2.05, 4.69) is 5.32 Å². The van der Waals surface area contributed by atoms with Gasteiger partial charge >= 0.3 is 0 Å². The Morgan fingerprint density at radius 2 is 1.48 bits per heavy atom. The van der Waals surface area contributed by atoms with E-state index in [1.54, 1.807) is 0 Å². The minimum absolute atomic E-state index is 0.0730. The van der Waals surface area contributed by atoms with Crippen molar-refractivity contribution in [3.63, 3.8) is 0 Å². The average Bonchev–Trinajstić information content (AvgIpc) is 2.61. The third-order valence-electron chi connectivity index (χ3n) is 3.47. The maximum Gasteiger partial charge on any atom is 0.220 e. The van der Waals surface area contributed by atoms with Gasteiger partial charge in [0.05, 0.1) is 6.61 Å². The highest BCUT2D eigenvalue weighted by Gasteiger charge is 2.09. The molecule has 0 spiro atoms. The Morgan fingerprint density at radius 1 is 0.880 bits per heavy atom. The van der Waals surface area contributed by atoms with E-state index in [9.17, 15) is 18.4 Å². The van der Waals surface area contributed by atoms with E-state index >= 15 is 0 Å². The zero-order chi connectivity index (χ0) is 18.1. The monoisotopic (exact) mass is 347 g/mol. The SMILES string of the molecule is O=C(CCC(=O)c1ccc(F)cc1)NCCCOc1ccc(F)cc1. The molecule has 25 heavy (non-hydrogen) atoms. The first-order valence-electron chi connectivity index (χ1n) is 7.98. The molecule has 0 bridgehead atoms. The number of amides is 1. The molecule has 0 heterocycles. The van der Waals surface area contributed by atoms with Gasteiger partial charge in [-0.2, -0.15) is 0 Å². The van der Waals surface area contributed by atoms with Crippen LogP contribution >= 0.6 is 0 Å². The number of hydrogen-bond acceptors (Lipinski definition) is 3. The molecule has 0 unspecified atom stereocenters. The van der Waals surface area contributed by atoms with Gasteiger partial charge in [-0.3, -0.25) is 9.59 Å². The van der Waals surface area contributed by atoms with Gasteiger partial charge in [-0.1, -0.05) is 0 Å². The first-order valence-corrected chi connectivity index (χ1v) is 7.98. The molecule has 0 atom stereocenters. The summed E-state index contributed by atoms with van der Waals surface area (Å²) in [5.41, 5.74) is 0.391. The Kier molecular flexibility index (Phi) is 7.07. The number of carbonyl (C=O) groups excluding carboxylic acids is 2. The smallest absolute Gasteiger partial charge is 0.220 e. The Bertz CT molecular complexity index is 700. The summed E-state index contributed by atoms with van der Waals surface area (Å²) in [6.07, 6.45) is 0.744. The zero-order valence-corrected chi connectivity index (χ0v) is 13.6. The lowest BCUT2D eigenvalue weighted by atomic mass is 10.1. The van der Waals surface area contributed by atoms with E-state index in [-0.39, 0.29) is 30.3 Å². The van der Waals surface area contributed by atoms with E-state index in [0.29, 0.717) is 30.9 Å². The van der Waals surface area contributed by atoms with Gasteiger partial charge in [0.25, 0.3) is 0 Å². The van der Waals surface area contributed by atoms with Crippen LogP contribution in [0.25, 0.3) is 0 Å². The maximum atomic E-state index is 12.8. The number of ether oxygens (including phenoxy) is 1. The summed E-state index contributed by atoms with van der Waals surface area (Å²) >= 11 is 0. The molecule has 1 N–H and O–H groups in total. The maximum absolute atomic E-state index is 12.8. The van der Waals surface area contributed by atoms with E-state index < -0.39 is 5.82 Å². The van der Waals surface area contributed by atoms with Gasteiger partial charge in [-0.15, -0.1) is 0 Å². The van der Waals surface area contributed by atoms with E-state index in [1.807, 2.05) is 0 Å². The molecule has 2 rings (SSSR count). The van der Waals surface area contributed by atoms with Crippen LogP contribution in [-0.4, -0.2) is 24.8 Å². The molecule has 0 aliphatic rings. The van der Waals surface area contributed by atoms with Crippen LogP contribution in [0.1, 0.15) is 29.6 Å². The number of Topliss-reactive ketones (excluding diaryl/α,β-unsaturated/α-hetero) is 1. The molecule has 0 aromatic heterocycles. The predicted octanol–water partition coefficient (Wildman–Crippen LogP) is 3.51. The van der Waals surface area contributed by atoms with Crippen molar-refractivity contribution < 1.29 is 23.1 Å². The topological polar surface area (TPSA) is 55.4 Å². The number of nitrogens with one attached hydrogen (secondary N) is 1. The molecule has 2 aromatic rings. The number of hydrogen-bond donors (Lipinski definition) is 1. The van der Waals surface area contributed by atoms with E-state index in [1.165, 1.54) is 48.5 Å². The highest BCUT2D eigenvalue weighted by atomic mass is 19.1. The van der Waals surface area contributed by atoms with Gasteiger partial charge in [-0.25, -0.2) is 8.78 Å². The number of benzene rings is 2. The van der Waals surface area contributed by atoms with Gasteiger partial charge in [0, 0.05) is 24.9 Å². The molecule has 1 amide bonds. The predicted molar refractivity (Wildman–Crippen MR) is 89.5 cm³/mol. The minimum atomic E-state index is -0.405. The Hall–Kier alpha value is -2.76. The molecule has 2 aromatic carbocycles. The van der Waals surface area contributed by atoms with Crippen LogP contribution in [0.2, 0.25) is 0 Å². The fourth-order valence-corrected chi connectivity index (χ4v) is 2.12. The molecule has 0 saturated heterocycles. The number of rotatable bonds is 9. The molecular formula is C19H19F2NO3. The van der Waals surface area contributed by atoms with Gasteiger partial charge in [-0.05, 0) is 55.0 Å². The standard InChI is InChI=1S/C19H19F2NO3/c20-15-4-2-14(3-5-15)18(23)10-11-19(24)22-12-1-13-25-17-8-6-16(21)7-9-17/h2-9H,1,10-13H2,(H,22,24).